The average Bonchev–Trinajstić information content (AvgIpc) is 3.64. The van der Waals surface area contributed by atoms with Crippen molar-refractivity contribution in [3.8, 4) is 5.75 Å². The molecule has 1 aliphatic carbocycles. The SMILES string of the molecule is CC(NP(=O)(OCC1OC(c2cnc3c(N)ncnn23)C(C)(F)C1O)Oc1ccccc1)C(=O)OC1CCCC1. The smallest absolute Gasteiger partial charge is 0.459 e. The molecule has 13 nitrogen and oxygen atoms in total. The van der Waals surface area contributed by atoms with Crippen LogP contribution in [0.25, 0.3) is 5.65 Å². The summed E-state index contributed by atoms with van der Waals surface area (Å²) in [5.41, 5.74) is 3.93. The van der Waals surface area contributed by atoms with Crippen molar-refractivity contribution in [3.05, 3.63) is 48.5 Å². The molecule has 0 amide bonds. The van der Waals surface area contributed by atoms with Gasteiger partial charge in [-0.25, -0.2) is 23.4 Å². The highest BCUT2D eigenvalue weighted by atomic mass is 31.2. The summed E-state index contributed by atoms with van der Waals surface area (Å²) in [7, 11) is -4.26. The van der Waals surface area contributed by atoms with Gasteiger partial charge < -0.3 is 24.8 Å². The number of nitrogen functional groups attached to an aromatic ring is 1. The van der Waals surface area contributed by atoms with E-state index in [1.807, 2.05) is 0 Å². The van der Waals surface area contributed by atoms with Crippen LogP contribution in [0.2, 0.25) is 0 Å². The van der Waals surface area contributed by atoms with Gasteiger partial charge in [0.2, 0.25) is 0 Å². The van der Waals surface area contributed by atoms with Gasteiger partial charge in [0.1, 0.15) is 42.5 Å². The molecule has 3 heterocycles. The van der Waals surface area contributed by atoms with Gasteiger partial charge in [0.05, 0.1) is 18.5 Å². The predicted octanol–water partition coefficient (Wildman–Crippen LogP) is 2.90. The number of carbonyl (C=O) groups is 1. The Morgan fingerprint density at radius 1 is 1.32 bits per heavy atom. The number of imidazole rings is 1. The van der Waals surface area contributed by atoms with E-state index in [-0.39, 0.29) is 29.0 Å². The van der Waals surface area contributed by atoms with Gasteiger partial charge >= 0.3 is 13.7 Å². The van der Waals surface area contributed by atoms with Crippen molar-refractivity contribution in [2.24, 2.45) is 0 Å². The van der Waals surface area contributed by atoms with Gasteiger partial charge in [0.15, 0.2) is 17.1 Å². The summed E-state index contributed by atoms with van der Waals surface area (Å²) in [6.07, 6.45) is 1.58. The lowest BCUT2D eigenvalue weighted by Gasteiger charge is -2.25. The van der Waals surface area contributed by atoms with Gasteiger partial charge in [0.25, 0.3) is 0 Å². The van der Waals surface area contributed by atoms with Crippen LogP contribution in [0.15, 0.2) is 42.9 Å². The molecule has 1 saturated carbocycles. The number of carbonyl (C=O) groups excluding carboxylic acids is 1. The number of ether oxygens (including phenoxy) is 2. The van der Waals surface area contributed by atoms with Crippen LogP contribution in [-0.2, 0) is 23.4 Å². The van der Waals surface area contributed by atoms with Crippen molar-refractivity contribution in [2.75, 3.05) is 12.3 Å². The van der Waals surface area contributed by atoms with Crippen molar-refractivity contribution in [2.45, 2.75) is 75.7 Å². The lowest BCUT2D eigenvalue weighted by molar-refractivity contribution is -0.150. The first kappa shape index (κ1) is 28.4. The van der Waals surface area contributed by atoms with E-state index in [2.05, 4.69) is 20.2 Å². The van der Waals surface area contributed by atoms with Gasteiger partial charge in [-0.1, -0.05) is 18.2 Å². The van der Waals surface area contributed by atoms with Crippen molar-refractivity contribution >= 4 is 25.2 Å². The number of nitrogens with two attached hydrogens (primary N) is 1. The molecular weight excluding hydrogens is 546 g/mol. The molecule has 5 rings (SSSR count). The highest BCUT2D eigenvalue weighted by molar-refractivity contribution is 7.52. The monoisotopic (exact) mass is 578 g/mol. The second-order valence-corrected chi connectivity index (χ2v) is 11.8. The van der Waals surface area contributed by atoms with Crippen LogP contribution >= 0.6 is 7.75 Å². The van der Waals surface area contributed by atoms with Gasteiger partial charge in [-0.15, -0.1) is 0 Å². The van der Waals surface area contributed by atoms with Crippen LogP contribution < -0.4 is 15.3 Å². The minimum absolute atomic E-state index is 0.0888. The molecule has 6 atom stereocenters. The van der Waals surface area contributed by atoms with Crippen LogP contribution in [-0.4, -0.2) is 67.3 Å². The minimum Gasteiger partial charge on any atom is -0.461 e. The zero-order valence-corrected chi connectivity index (χ0v) is 22.9. The average molecular weight is 579 g/mol. The fourth-order valence-electron chi connectivity index (χ4n) is 4.87. The number of alkyl halides is 1. The number of aliphatic hydroxyl groups is 1. The number of esters is 1. The maximum absolute atomic E-state index is 15.9. The fraction of sp³-hybridized carbons (Fsp3) is 0.520. The number of halogens is 1. The third-order valence-corrected chi connectivity index (χ3v) is 8.69. The summed E-state index contributed by atoms with van der Waals surface area (Å²) < 4.78 is 53.6. The number of anilines is 1. The predicted molar refractivity (Wildman–Crippen MR) is 140 cm³/mol. The molecule has 2 fully saturated rings. The Kier molecular flexibility index (Phi) is 8.07. The van der Waals surface area contributed by atoms with E-state index in [4.69, 9.17) is 24.3 Å². The minimum atomic E-state index is -4.26. The molecule has 15 heteroatoms. The first-order valence-electron chi connectivity index (χ1n) is 13.0. The van der Waals surface area contributed by atoms with Gasteiger partial charge in [-0.05, 0) is 51.7 Å². The molecule has 1 saturated heterocycles. The van der Waals surface area contributed by atoms with Gasteiger partial charge in [0, 0.05) is 0 Å². The summed E-state index contributed by atoms with van der Waals surface area (Å²) in [6.45, 7) is 2.12. The summed E-state index contributed by atoms with van der Waals surface area (Å²) in [5, 5.41) is 17.5. The van der Waals surface area contributed by atoms with E-state index < -0.39 is 50.3 Å². The zero-order chi connectivity index (χ0) is 28.5. The molecule has 3 aromatic rings. The molecule has 0 radical (unpaired) electrons. The summed E-state index contributed by atoms with van der Waals surface area (Å²) in [6, 6.07) is 7.17. The number of rotatable bonds is 10. The molecule has 216 valence electrons. The molecular formula is C25H32FN6O7P. The number of hydrogen-bond acceptors (Lipinski definition) is 11. The lowest BCUT2D eigenvalue weighted by Crippen LogP contribution is -2.41. The largest absolute Gasteiger partial charge is 0.461 e. The first-order chi connectivity index (χ1) is 19.1. The van der Waals surface area contributed by atoms with Crippen molar-refractivity contribution in [1.82, 2.24) is 24.7 Å². The van der Waals surface area contributed by atoms with Crippen LogP contribution in [0.4, 0.5) is 10.2 Å². The van der Waals surface area contributed by atoms with Crippen LogP contribution in [0.5, 0.6) is 5.75 Å². The second kappa shape index (κ2) is 11.4. The topological polar surface area (TPSA) is 172 Å². The molecule has 0 spiro atoms. The maximum atomic E-state index is 15.9. The molecule has 2 aromatic heterocycles. The number of nitrogens with one attached hydrogen (secondary N) is 1. The highest BCUT2D eigenvalue weighted by Gasteiger charge is 2.56. The van der Waals surface area contributed by atoms with Crippen LogP contribution in [0.1, 0.15) is 51.3 Å². The quantitative estimate of drug-likeness (QED) is 0.238. The highest BCUT2D eigenvalue weighted by Crippen LogP contribution is 2.48. The Bertz CT molecular complexity index is 1390. The van der Waals surface area contributed by atoms with Crippen molar-refractivity contribution in [3.63, 3.8) is 0 Å². The molecule has 4 N–H and O–H groups in total. The second-order valence-electron chi connectivity index (χ2n) is 10.1. The maximum Gasteiger partial charge on any atom is 0.459 e. The third-order valence-electron chi connectivity index (χ3n) is 7.05. The summed E-state index contributed by atoms with van der Waals surface area (Å²) >= 11 is 0. The number of aliphatic hydroxyl groups excluding tert-OH is 1. The van der Waals surface area contributed by atoms with Gasteiger partial charge in [-0.3, -0.25) is 9.32 Å². The molecule has 0 bridgehead atoms. The Labute approximate surface area is 229 Å². The van der Waals surface area contributed by atoms with E-state index in [0.29, 0.717) is 0 Å². The normalized spacial score (nSPS) is 27.4. The van der Waals surface area contributed by atoms with E-state index in [0.717, 1.165) is 25.7 Å². The van der Waals surface area contributed by atoms with Crippen LogP contribution in [0, 0.1) is 0 Å². The van der Waals surface area contributed by atoms with E-state index >= 15 is 4.39 Å². The van der Waals surface area contributed by atoms with E-state index in [1.54, 1.807) is 30.3 Å². The molecule has 2 aliphatic rings. The standard InChI is InChI=1S/C25H32FN6O7P/c1-15(24(34)37-16-8-6-7-9-16)31-40(35,39-17-10-4-3-5-11-17)36-13-19-20(33)25(2,26)21(38-19)18-12-28-23-22(27)29-14-30-32(18)23/h3-5,10-12,14-16,19-21,33H,6-9,13H2,1-2H3,(H,31,35)(H2,27,29,30). The third kappa shape index (κ3) is 5.81. The van der Waals surface area contributed by atoms with Crippen molar-refractivity contribution in [1.29, 1.82) is 0 Å². The number of fused-ring (bicyclic) bond motifs is 1. The van der Waals surface area contributed by atoms with Crippen molar-refractivity contribution < 1.29 is 37.4 Å². The Balaban J connectivity index is 1.32. The van der Waals surface area contributed by atoms with E-state index in [1.165, 1.54) is 30.9 Å². The summed E-state index contributed by atoms with van der Waals surface area (Å²) in [5.74, 6) is -0.306. The number of para-hydroxylation sites is 1. The lowest BCUT2D eigenvalue weighted by atomic mass is 9.93. The van der Waals surface area contributed by atoms with Gasteiger partial charge in [-0.2, -0.15) is 10.2 Å². The summed E-state index contributed by atoms with van der Waals surface area (Å²) in [4.78, 5) is 20.7. The number of nitrogens with zero attached hydrogens (tertiary/aromatic N) is 4. The van der Waals surface area contributed by atoms with Crippen LogP contribution in [0.3, 0.4) is 0 Å². The fourth-order valence-corrected chi connectivity index (χ4v) is 6.37. The number of benzene rings is 1. The molecule has 1 aliphatic heterocycles. The Morgan fingerprint density at radius 3 is 2.77 bits per heavy atom. The number of hydrogen-bond donors (Lipinski definition) is 3. The van der Waals surface area contributed by atoms with E-state index in [9.17, 15) is 14.5 Å². The molecule has 6 unspecified atom stereocenters. The molecule has 1 aromatic carbocycles. The molecule has 40 heavy (non-hydrogen) atoms. The Hall–Kier alpha value is -3.16. The zero-order valence-electron chi connectivity index (χ0n) is 22.1. The first-order valence-corrected chi connectivity index (χ1v) is 14.6. The Morgan fingerprint density at radius 2 is 2.05 bits per heavy atom. The number of aromatic nitrogens is 4.